The molecule has 1 atom stereocenters. The molecule has 0 bridgehead atoms. The van der Waals surface area contributed by atoms with Gasteiger partial charge in [0.05, 0.1) is 31.3 Å². The lowest BCUT2D eigenvalue weighted by molar-refractivity contribution is -0.117. The Morgan fingerprint density at radius 3 is 2.68 bits per heavy atom. The van der Waals surface area contributed by atoms with Crippen molar-refractivity contribution < 1.29 is 19.4 Å². The molecule has 1 aliphatic carbocycles. The van der Waals surface area contributed by atoms with E-state index in [2.05, 4.69) is 15.6 Å². The lowest BCUT2D eigenvalue weighted by Gasteiger charge is -2.12. The monoisotopic (exact) mass is 422 g/mol. The van der Waals surface area contributed by atoms with Gasteiger partial charge in [0.25, 0.3) is 0 Å². The average Bonchev–Trinajstić information content (AvgIpc) is 3.60. The van der Waals surface area contributed by atoms with E-state index < -0.39 is 5.97 Å². The summed E-state index contributed by atoms with van der Waals surface area (Å²) in [5.41, 5.74) is 2.90. The summed E-state index contributed by atoms with van der Waals surface area (Å²) in [6, 6.07) is 11.4. The first-order chi connectivity index (χ1) is 15.0. The number of carbonyl (C=O) groups is 2. The van der Waals surface area contributed by atoms with E-state index in [1.165, 1.54) is 7.11 Å². The molecule has 4 rings (SSSR count). The van der Waals surface area contributed by atoms with Gasteiger partial charge in [-0.05, 0) is 31.4 Å². The molecule has 31 heavy (non-hydrogen) atoms. The van der Waals surface area contributed by atoms with Crippen LogP contribution in [0.5, 0.6) is 0 Å². The molecule has 0 saturated heterocycles. The molecular formula is C23H26N4O4. The van der Waals surface area contributed by atoms with E-state index in [0.29, 0.717) is 29.0 Å². The zero-order valence-electron chi connectivity index (χ0n) is 17.6. The predicted molar refractivity (Wildman–Crippen MR) is 118 cm³/mol. The number of amides is 1. The van der Waals surface area contributed by atoms with Crippen LogP contribution in [0.3, 0.4) is 0 Å². The van der Waals surface area contributed by atoms with E-state index >= 15 is 0 Å². The Bertz CT molecular complexity index is 1110. The number of methoxy groups -OCH3 is 1. The number of aliphatic hydroxyl groups excluding tert-OH is 1. The maximum Gasteiger partial charge on any atom is 0.356 e. The highest BCUT2D eigenvalue weighted by Crippen LogP contribution is 2.36. The number of esters is 1. The van der Waals surface area contributed by atoms with Crippen molar-refractivity contribution in [2.75, 3.05) is 24.4 Å². The van der Waals surface area contributed by atoms with Crippen LogP contribution in [0.4, 0.5) is 11.4 Å². The SMILES string of the molecule is COC(=O)c1c(NC(=O)C2CC2)c2cc(N[C@H](C)CO)cnc2n1Cc1ccccc1. The number of aromatic nitrogens is 2. The number of hydrogen-bond acceptors (Lipinski definition) is 6. The second-order valence-electron chi connectivity index (χ2n) is 7.87. The van der Waals surface area contributed by atoms with Gasteiger partial charge in [0, 0.05) is 23.9 Å². The Labute approximate surface area is 180 Å². The molecule has 2 aromatic heterocycles. The number of nitrogens with zero attached hydrogens (tertiary/aromatic N) is 2. The summed E-state index contributed by atoms with van der Waals surface area (Å²) in [6.45, 7) is 2.21. The molecule has 1 aromatic carbocycles. The molecule has 0 spiro atoms. The third kappa shape index (κ3) is 4.39. The molecule has 1 aliphatic rings. The summed E-state index contributed by atoms with van der Waals surface area (Å²) >= 11 is 0. The molecule has 162 valence electrons. The van der Waals surface area contributed by atoms with Crippen LogP contribution in [0.2, 0.25) is 0 Å². The smallest absolute Gasteiger partial charge is 0.356 e. The van der Waals surface area contributed by atoms with Gasteiger partial charge < -0.3 is 25.0 Å². The van der Waals surface area contributed by atoms with Crippen molar-refractivity contribution in [2.24, 2.45) is 5.92 Å². The number of carbonyl (C=O) groups excluding carboxylic acids is 2. The minimum atomic E-state index is -0.543. The third-order valence-corrected chi connectivity index (χ3v) is 5.34. The van der Waals surface area contributed by atoms with Crippen molar-refractivity contribution in [2.45, 2.75) is 32.4 Å². The fourth-order valence-corrected chi connectivity index (χ4v) is 3.56. The predicted octanol–water partition coefficient (Wildman–Crippen LogP) is 3.01. The highest BCUT2D eigenvalue weighted by Gasteiger charge is 2.33. The Kier molecular flexibility index (Phi) is 5.90. The van der Waals surface area contributed by atoms with Crippen molar-refractivity contribution in [1.29, 1.82) is 0 Å². The van der Waals surface area contributed by atoms with Crippen LogP contribution in [0, 0.1) is 5.92 Å². The fraction of sp³-hybridized carbons (Fsp3) is 0.348. The van der Waals surface area contributed by atoms with Gasteiger partial charge in [-0.15, -0.1) is 0 Å². The number of benzene rings is 1. The number of hydrogen-bond donors (Lipinski definition) is 3. The molecule has 3 N–H and O–H groups in total. The van der Waals surface area contributed by atoms with Crippen molar-refractivity contribution >= 4 is 34.3 Å². The van der Waals surface area contributed by atoms with Gasteiger partial charge in [-0.2, -0.15) is 0 Å². The van der Waals surface area contributed by atoms with Gasteiger partial charge in [0.1, 0.15) is 5.65 Å². The molecule has 1 amide bonds. The zero-order chi connectivity index (χ0) is 22.0. The number of fused-ring (bicyclic) bond motifs is 1. The van der Waals surface area contributed by atoms with E-state index in [1.54, 1.807) is 10.8 Å². The summed E-state index contributed by atoms with van der Waals surface area (Å²) in [6.07, 6.45) is 3.35. The van der Waals surface area contributed by atoms with E-state index in [4.69, 9.17) is 4.74 Å². The summed E-state index contributed by atoms with van der Waals surface area (Å²) in [7, 11) is 1.32. The van der Waals surface area contributed by atoms with E-state index in [9.17, 15) is 14.7 Å². The third-order valence-electron chi connectivity index (χ3n) is 5.34. The van der Waals surface area contributed by atoms with Crippen LogP contribution in [0.15, 0.2) is 42.6 Å². The molecule has 8 nitrogen and oxygen atoms in total. The lowest BCUT2D eigenvalue weighted by Crippen LogP contribution is -2.19. The van der Waals surface area contributed by atoms with Crippen LogP contribution in [-0.2, 0) is 16.1 Å². The summed E-state index contributed by atoms with van der Waals surface area (Å²) in [5.74, 6) is -0.675. The van der Waals surface area contributed by atoms with Gasteiger partial charge in [-0.1, -0.05) is 30.3 Å². The van der Waals surface area contributed by atoms with Crippen LogP contribution in [0.25, 0.3) is 11.0 Å². The first-order valence-electron chi connectivity index (χ1n) is 10.3. The Balaban J connectivity index is 1.88. The zero-order valence-corrected chi connectivity index (χ0v) is 17.6. The highest BCUT2D eigenvalue weighted by atomic mass is 16.5. The van der Waals surface area contributed by atoms with Crippen molar-refractivity contribution in [3.8, 4) is 0 Å². The quantitative estimate of drug-likeness (QED) is 0.482. The maximum absolute atomic E-state index is 12.8. The maximum atomic E-state index is 12.8. The molecule has 2 heterocycles. The Morgan fingerprint density at radius 2 is 2.03 bits per heavy atom. The number of anilines is 2. The topological polar surface area (TPSA) is 105 Å². The number of pyridine rings is 1. The summed E-state index contributed by atoms with van der Waals surface area (Å²) in [5, 5.41) is 16.1. The van der Waals surface area contributed by atoms with Crippen LogP contribution < -0.4 is 10.6 Å². The summed E-state index contributed by atoms with van der Waals surface area (Å²) in [4.78, 5) is 30.0. The van der Waals surface area contributed by atoms with Crippen LogP contribution in [0.1, 0.15) is 35.8 Å². The van der Waals surface area contributed by atoms with Gasteiger partial charge in [-0.3, -0.25) is 4.79 Å². The standard InChI is InChI=1S/C23H26N4O4/c1-14(13-28)25-17-10-18-19(26-22(29)16-8-9-16)20(23(30)31-2)27(21(18)24-11-17)12-15-6-4-3-5-7-15/h3-7,10-11,14,16,25,28H,8-9,12-13H2,1-2H3,(H,26,29)/t14-/m1/s1. The molecule has 1 saturated carbocycles. The molecular weight excluding hydrogens is 396 g/mol. The molecule has 1 fully saturated rings. The van der Waals surface area contributed by atoms with Crippen LogP contribution in [-0.4, -0.2) is 46.3 Å². The van der Waals surface area contributed by atoms with E-state index in [1.807, 2.05) is 43.3 Å². The second-order valence-corrected chi connectivity index (χ2v) is 7.87. The highest BCUT2D eigenvalue weighted by molar-refractivity contribution is 6.11. The lowest BCUT2D eigenvalue weighted by atomic mass is 10.2. The molecule has 8 heteroatoms. The van der Waals surface area contributed by atoms with Crippen molar-refractivity contribution in [1.82, 2.24) is 9.55 Å². The number of rotatable bonds is 8. The van der Waals surface area contributed by atoms with Crippen molar-refractivity contribution in [3.63, 3.8) is 0 Å². The van der Waals surface area contributed by atoms with E-state index in [-0.39, 0.29) is 30.2 Å². The van der Waals surface area contributed by atoms with Gasteiger partial charge in [-0.25, -0.2) is 9.78 Å². The number of ether oxygens (including phenoxy) is 1. The summed E-state index contributed by atoms with van der Waals surface area (Å²) < 4.78 is 6.84. The average molecular weight is 422 g/mol. The van der Waals surface area contributed by atoms with E-state index in [0.717, 1.165) is 18.4 Å². The normalized spacial score (nSPS) is 14.3. The molecule has 3 aromatic rings. The molecule has 0 unspecified atom stereocenters. The Hall–Kier alpha value is -3.39. The minimum absolute atomic E-state index is 0.0262. The second kappa shape index (κ2) is 8.77. The van der Waals surface area contributed by atoms with Crippen LogP contribution >= 0.6 is 0 Å². The van der Waals surface area contributed by atoms with Gasteiger partial charge in [0.2, 0.25) is 5.91 Å². The van der Waals surface area contributed by atoms with Gasteiger partial charge in [0.15, 0.2) is 5.69 Å². The largest absolute Gasteiger partial charge is 0.464 e. The number of aliphatic hydroxyl groups is 1. The molecule has 0 aliphatic heterocycles. The fourth-order valence-electron chi connectivity index (χ4n) is 3.56. The first-order valence-corrected chi connectivity index (χ1v) is 10.3. The van der Waals surface area contributed by atoms with Gasteiger partial charge >= 0.3 is 5.97 Å². The minimum Gasteiger partial charge on any atom is -0.464 e. The number of nitrogens with one attached hydrogen (secondary N) is 2. The van der Waals surface area contributed by atoms with Crippen molar-refractivity contribution in [3.05, 3.63) is 53.9 Å². The Morgan fingerprint density at radius 1 is 1.29 bits per heavy atom. The molecule has 0 radical (unpaired) electrons. The first kappa shape index (κ1) is 20.9.